The summed E-state index contributed by atoms with van der Waals surface area (Å²) in [6.45, 7) is 6.65. The predicted molar refractivity (Wildman–Crippen MR) is 179 cm³/mol. The molecule has 0 amide bonds. The second kappa shape index (κ2) is 10.9. The van der Waals surface area contributed by atoms with Crippen LogP contribution in [0.1, 0.15) is 24.0 Å². The first-order valence-electron chi connectivity index (χ1n) is 15.4. The molecule has 45 heavy (non-hydrogen) atoms. The summed E-state index contributed by atoms with van der Waals surface area (Å²) in [4.78, 5) is 6.95. The molecule has 1 aliphatic heterocycles. The first kappa shape index (κ1) is 27.1. The van der Waals surface area contributed by atoms with Gasteiger partial charge in [0.25, 0.3) is 0 Å². The van der Waals surface area contributed by atoms with Crippen LogP contribution in [0.15, 0.2) is 110 Å². The van der Waals surface area contributed by atoms with Gasteiger partial charge in [-0.2, -0.15) is 5.10 Å². The Morgan fingerprint density at radius 2 is 1.51 bits per heavy atom. The van der Waals surface area contributed by atoms with Crippen LogP contribution in [-0.4, -0.2) is 32.4 Å². The van der Waals surface area contributed by atoms with Crippen LogP contribution in [0.5, 0.6) is 11.5 Å². The van der Waals surface area contributed by atoms with Gasteiger partial charge in [0.2, 0.25) is 0 Å². The van der Waals surface area contributed by atoms with E-state index in [4.69, 9.17) is 9.84 Å². The number of hydrogen-bond donors (Lipinski definition) is 0. The van der Waals surface area contributed by atoms with Crippen LogP contribution in [0.2, 0.25) is 0 Å². The lowest BCUT2D eigenvalue weighted by molar-refractivity contribution is 0.483. The molecule has 0 bridgehead atoms. The second-order valence-electron chi connectivity index (χ2n) is 11.8. The third-order valence-electron chi connectivity index (χ3n) is 8.76. The number of anilines is 1. The van der Waals surface area contributed by atoms with Crippen molar-refractivity contribution >= 4 is 27.5 Å². The summed E-state index contributed by atoms with van der Waals surface area (Å²) >= 11 is 0. The number of fused-ring (bicyclic) bond motifs is 3. The number of halogens is 1. The van der Waals surface area contributed by atoms with Gasteiger partial charge in [-0.05, 0) is 91.9 Å². The molecule has 6 nitrogen and oxygen atoms in total. The Morgan fingerprint density at radius 1 is 0.733 bits per heavy atom. The Balaban J connectivity index is 1.11. The van der Waals surface area contributed by atoms with E-state index in [1.165, 1.54) is 53.5 Å². The van der Waals surface area contributed by atoms with Gasteiger partial charge in [0.1, 0.15) is 23.1 Å². The monoisotopic (exact) mass is 593 g/mol. The number of aryl methyl sites for hydroxylation is 2. The van der Waals surface area contributed by atoms with Gasteiger partial charge in [0.05, 0.1) is 22.9 Å². The van der Waals surface area contributed by atoms with Crippen molar-refractivity contribution < 1.29 is 9.13 Å². The molecule has 1 aliphatic rings. The third-order valence-corrected chi connectivity index (χ3v) is 8.76. The van der Waals surface area contributed by atoms with Crippen molar-refractivity contribution in [3.05, 3.63) is 127 Å². The van der Waals surface area contributed by atoms with Gasteiger partial charge in [-0.3, -0.25) is 4.57 Å². The summed E-state index contributed by atoms with van der Waals surface area (Å²) < 4.78 is 24.5. The van der Waals surface area contributed by atoms with Crippen molar-refractivity contribution in [2.24, 2.45) is 0 Å². The molecular formula is C38H32FN5O. The number of hydrogen-bond acceptors (Lipinski definition) is 4. The summed E-state index contributed by atoms with van der Waals surface area (Å²) in [6.07, 6.45) is 8.04. The molecule has 0 saturated carbocycles. The predicted octanol–water partition coefficient (Wildman–Crippen LogP) is 9.18. The van der Waals surface area contributed by atoms with Crippen LogP contribution in [-0.2, 0) is 0 Å². The van der Waals surface area contributed by atoms with Crippen molar-refractivity contribution in [3.63, 3.8) is 0 Å². The number of para-hydroxylation sites is 1. The zero-order valence-corrected chi connectivity index (χ0v) is 25.2. The van der Waals surface area contributed by atoms with Gasteiger partial charge in [0, 0.05) is 65.7 Å². The van der Waals surface area contributed by atoms with Crippen LogP contribution >= 0.6 is 0 Å². The van der Waals surface area contributed by atoms with Gasteiger partial charge < -0.3 is 9.64 Å². The van der Waals surface area contributed by atoms with Crippen molar-refractivity contribution in [3.8, 4) is 34.1 Å². The number of rotatable bonds is 6. The highest BCUT2D eigenvalue weighted by Gasteiger charge is 2.17. The number of nitrogens with zero attached hydrogens (tertiary/aromatic N) is 5. The normalized spacial score (nSPS) is 13.3. The van der Waals surface area contributed by atoms with E-state index in [1.807, 2.05) is 76.1 Å². The molecule has 0 atom stereocenters. The van der Waals surface area contributed by atoms with Crippen LogP contribution in [0.4, 0.5) is 10.1 Å². The fourth-order valence-corrected chi connectivity index (χ4v) is 6.75. The van der Waals surface area contributed by atoms with E-state index in [-0.39, 0.29) is 5.82 Å². The quantitative estimate of drug-likeness (QED) is 0.193. The molecule has 222 valence electrons. The van der Waals surface area contributed by atoms with E-state index in [9.17, 15) is 4.39 Å². The number of aromatic nitrogens is 4. The maximum absolute atomic E-state index is 14.2. The highest BCUT2D eigenvalue weighted by Crippen LogP contribution is 2.36. The van der Waals surface area contributed by atoms with Crippen LogP contribution in [0.25, 0.3) is 44.4 Å². The zero-order valence-electron chi connectivity index (χ0n) is 25.2. The number of ether oxygens (including phenoxy) is 1. The van der Waals surface area contributed by atoms with Crippen molar-refractivity contribution in [2.45, 2.75) is 26.7 Å². The molecule has 0 spiro atoms. The smallest absolute Gasteiger partial charge is 0.140 e. The summed E-state index contributed by atoms with van der Waals surface area (Å²) in [5.41, 5.74) is 8.90. The number of pyridine rings is 1. The molecule has 1 saturated heterocycles. The fraction of sp³-hybridized carbons (Fsp3) is 0.158. The van der Waals surface area contributed by atoms with E-state index in [1.54, 1.807) is 0 Å². The lowest BCUT2D eigenvalue weighted by Gasteiger charge is -2.20. The van der Waals surface area contributed by atoms with Gasteiger partial charge in [-0.25, -0.2) is 14.1 Å². The van der Waals surface area contributed by atoms with Crippen molar-refractivity contribution in [2.75, 3.05) is 18.0 Å². The largest absolute Gasteiger partial charge is 0.457 e. The molecule has 7 heteroatoms. The maximum atomic E-state index is 14.2. The summed E-state index contributed by atoms with van der Waals surface area (Å²) in [5, 5.41) is 6.83. The van der Waals surface area contributed by atoms with Gasteiger partial charge in [-0.15, -0.1) is 0 Å². The van der Waals surface area contributed by atoms with E-state index in [2.05, 4.69) is 48.1 Å². The van der Waals surface area contributed by atoms with Crippen LogP contribution < -0.4 is 9.64 Å². The Hall–Kier alpha value is -5.43. The van der Waals surface area contributed by atoms with Gasteiger partial charge in [-0.1, -0.05) is 24.3 Å². The van der Waals surface area contributed by atoms with Crippen molar-refractivity contribution in [1.29, 1.82) is 0 Å². The van der Waals surface area contributed by atoms with Crippen molar-refractivity contribution in [1.82, 2.24) is 19.3 Å². The molecule has 8 rings (SSSR count). The SMILES string of the molecule is Cc1cc(N2CCCC2)cc(C)c1-c1cnn(-c2cccc(Oc3ccc4c5ccccc5n(-c5cc(F)ccn5)c4c3)c2)c1. The zero-order chi connectivity index (χ0) is 30.5. The van der Waals surface area contributed by atoms with E-state index in [0.717, 1.165) is 46.1 Å². The molecule has 7 aromatic rings. The summed E-state index contributed by atoms with van der Waals surface area (Å²) in [5.74, 6) is 1.55. The highest BCUT2D eigenvalue weighted by molar-refractivity contribution is 6.09. The molecule has 0 unspecified atom stereocenters. The van der Waals surface area contributed by atoms with Gasteiger partial charge >= 0.3 is 0 Å². The Bertz CT molecular complexity index is 2190. The maximum Gasteiger partial charge on any atom is 0.140 e. The lowest BCUT2D eigenvalue weighted by atomic mass is 9.97. The molecule has 4 heterocycles. The fourth-order valence-electron chi connectivity index (χ4n) is 6.75. The minimum Gasteiger partial charge on any atom is -0.457 e. The molecule has 1 fully saturated rings. The number of benzene rings is 4. The molecule has 4 aromatic carbocycles. The third kappa shape index (κ3) is 4.90. The minimum atomic E-state index is -0.332. The van der Waals surface area contributed by atoms with E-state index < -0.39 is 0 Å². The topological polar surface area (TPSA) is 48.1 Å². The Labute approximate surface area is 260 Å². The highest BCUT2D eigenvalue weighted by atomic mass is 19.1. The molecule has 0 radical (unpaired) electrons. The summed E-state index contributed by atoms with van der Waals surface area (Å²) in [6, 6.07) is 29.4. The second-order valence-corrected chi connectivity index (χ2v) is 11.8. The van der Waals surface area contributed by atoms with E-state index in [0.29, 0.717) is 17.3 Å². The Kier molecular flexibility index (Phi) is 6.59. The van der Waals surface area contributed by atoms with E-state index >= 15 is 0 Å². The van der Waals surface area contributed by atoms with Crippen LogP contribution in [0.3, 0.4) is 0 Å². The van der Waals surface area contributed by atoms with Gasteiger partial charge in [0.15, 0.2) is 0 Å². The van der Waals surface area contributed by atoms with Crippen LogP contribution in [0, 0.1) is 19.7 Å². The summed E-state index contributed by atoms with van der Waals surface area (Å²) in [7, 11) is 0. The molecular weight excluding hydrogens is 561 g/mol. The molecule has 0 aliphatic carbocycles. The average Bonchev–Trinajstić information content (AvgIpc) is 3.81. The molecule has 0 N–H and O–H groups in total. The Morgan fingerprint density at radius 3 is 2.33 bits per heavy atom. The minimum absolute atomic E-state index is 0.332. The lowest BCUT2D eigenvalue weighted by Crippen LogP contribution is -2.17. The standard InChI is InChI=1S/C38H32FN5O/c1-25-18-30(42-16-5-6-17-42)19-26(2)38(25)27-23-41-43(24-27)29-8-7-9-31(21-29)45-32-12-13-34-33-10-3-4-11-35(33)44(36(34)22-32)37-20-28(39)14-15-40-37/h3-4,7-15,18-24H,5-6,16-17H2,1-2H3. The first-order chi connectivity index (χ1) is 22.0. The molecule has 3 aromatic heterocycles. The average molecular weight is 594 g/mol. The first-order valence-corrected chi connectivity index (χ1v) is 15.4.